The Labute approximate surface area is 208 Å². The van der Waals surface area contributed by atoms with E-state index in [2.05, 4.69) is 26.3 Å². The van der Waals surface area contributed by atoms with Gasteiger partial charge in [0.25, 0.3) is 0 Å². The second-order valence-corrected chi connectivity index (χ2v) is 10.4. The van der Waals surface area contributed by atoms with Gasteiger partial charge in [0.05, 0.1) is 0 Å². The second-order valence-electron chi connectivity index (χ2n) is 9.56. The molecule has 1 saturated heterocycles. The minimum atomic E-state index is -0.175. The molecular weight excluding hydrogens is 473 g/mol. The van der Waals surface area contributed by atoms with Crippen LogP contribution in [0.1, 0.15) is 43.3 Å². The van der Waals surface area contributed by atoms with Gasteiger partial charge in [0.1, 0.15) is 17.9 Å². The van der Waals surface area contributed by atoms with E-state index in [9.17, 15) is 0 Å². The smallest absolute Gasteiger partial charge is 0.242 e. The fourth-order valence-electron chi connectivity index (χ4n) is 5.65. The average molecular weight is 500 g/mol. The first-order chi connectivity index (χ1) is 16.5. The maximum Gasteiger partial charge on any atom is 0.242 e. The molecule has 2 bridgehead atoms. The molecule has 6 rings (SSSR count). The largest absolute Gasteiger partial charge is 0.482 e. The van der Waals surface area contributed by atoms with Crippen LogP contribution in [0.15, 0.2) is 30.6 Å². The van der Waals surface area contributed by atoms with Crippen molar-refractivity contribution in [3.63, 3.8) is 0 Å². The lowest BCUT2D eigenvalue weighted by Crippen LogP contribution is -2.48. The van der Waals surface area contributed by atoms with Crippen LogP contribution >= 0.6 is 23.2 Å². The first-order valence-corrected chi connectivity index (χ1v) is 12.6. The Morgan fingerprint density at radius 2 is 1.76 bits per heavy atom. The summed E-state index contributed by atoms with van der Waals surface area (Å²) >= 11 is 12.3. The number of rotatable bonds is 5. The lowest BCUT2D eigenvalue weighted by atomic mass is 9.92. The van der Waals surface area contributed by atoms with Gasteiger partial charge in [-0.1, -0.05) is 23.2 Å². The molecule has 178 valence electrons. The Hall–Kier alpha value is -2.58. The van der Waals surface area contributed by atoms with Gasteiger partial charge in [0.2, 0.25) is 5.95 Å². The molecule has 3 aromatic rings. The predicted octanol–water partition coefficient (Wildman–Crippen LogP) is 4.92. The van der Waals surface area contributed by atoms with Crippen molar-refractivity contribution in [1.29, 1.82) is 0 Å². The summed E-state index contributed by atoms with van der Waals surface area (Å²) in [4.78, 5) is 16.0. The van der Waals surface area contributed by atoms with E-state index in [1.165, 1.54) is 12.8 Å². The van der Waals surface area contributed by atoms with E-state index < -0.39 is 0 Å². The highest BCUT2D eigenvalue weighted by Crippen LogP contribution is 2.40. The number of aryl methyl sites for hydroxylation is 2. The summed E-state index contributed by atoms with van der Waals surface area (Å²) in [5.74, 6) is 4.30. The summed E-state index contributed by atoms with van der Waals surface area (Å²) in [5, 5.41) is 9.58. The summed E-state index contributed by atoms with van der Waals surface area (Å²) in [6.07, 6.45) is 5.76. The Kier molecular flexibility index (Phi) is 5.73. The number of hydrogen-bond donors (Lipinski definition) is 1. The van der Waals surface area contributed by atoms with Crippen molar-refractivity contribution in [2.45, 2.75) is 51.3 Å². The molecule has 1 saturated carbocycles. The van der Waals surface area contributed by atoms with Gasteiger partial charge in [-0.05, 0) is 62.6 Å². The third kappa shape index (κ3) is 4.29. The van der Waals surface area contributed by atoms with Crippen LogP contribution in [-0.2, 0) is 6.54 Å². The van der Waals surface area contributed by atoms with Gasteiger partial charge in [0, 0.05) is 47.5 Å². The molecule has 8 nitrogen and oxygen atoms in total. The van der Waals surface area contributed by atoms with Gasteiger partial charge >= 0.3 is 0 Å². The summed E-state index contributed by atoms with van der Waals surface area (Å²) in [6, 6.07) is 7.71. The molecule has 0 amide bonds. The first-order valence-electron chi connectivity index (χ1n) is 11.9. The van der Waals surface area contributed by atoms with Crippen LogP contribution in [0.25, 0.3) is 0 Å². The van der Waals surface area contributed by atoms with Crippen LogP contribution in [0, 0.1) is 18.8 Å². The number of piperidine rings is 1. The van der Waals surface area contributed by atoms with E-state index in [1.54, 1.807) is 24.5 Å². The van der Waals surface area contributed by atoms with Crippen molar-refractivity contribution in [3.05, 3.63) is 52.2 Å². The number of aromatic nitrogens is 5. The van der Waals surface area contributed by atoms with Gasteiger partial charge < -0.3 is 15.0 Å². The number of hydrogen-bond acceptors (Lipinski definition) is 7. The average Bonchev–Trinajstić information content (AvgIpc) is 3.30. The molecule has 1 N–H and O–H groups in total. The highest BCUT2D eigenvalue weighted by Gasteiger charge is 2.43. The van der Waals surface area contributed by atoms with Crippen LogP contribution in [-0.4, -0.2) is 43.9 Å². The van der Waals surface area contributed by atoms with Gasteiger partial charge in [-0.25, -0.2) is 14.6 Å². The quantitative estimate of drug-likeness (QED) is 0.533. The lowest BCUT2D eigenvalue weighted by Gasteiger charge is -2.38. The Balaban J connectivity index is 1.17. The van der Waals surface area contributed by atoms with Crippen LogP contribution in [0.3, 0.4) is 0 Å². The molecule has 2 aliphatic heterocycles. The Morgan fingerprint density at radius 3 is 2.50 bits per heavy atom. The van der Waals surface area contributed by atoms with E-state index in [4.69, 9.17) is 38.0 Å². The molecule has 2 fully saturated rings. The van der Waals surface area contributed by atoms with Gasteiger partial charge in [0.15, 0.2) is 11.9 Å². The van der Waals surface area contributed by atoms with E-state index in [1.807, 2.05) is 11.6 Å². The van der Waals surface area contributed by atoms with Crippen LogP contribution < -0.4 is 15.0 Å². The summed E-state index contributed by atoms with van der Waals surface area (Å²) in [7, 11) is 0. The maximum atomic E-state index is 6.24. The highest BCUT2D eigenvalue weighted by atomic mass is 35.5. The minimum Gasteiger partial charge on any atom is -0.482 e. The molecule has 0 radical (unpaired) electrons. The van der Waals surface area contributed by atoms with Crippen molar-refractivity contribution in [1.82, 2.24) is 24.7 Å². The molecule has 34 heavy (non-hydrogen) atoms. The molecule has 0 spiro atoms. The Bertz CT molecular complexity index is 1170. The molecule has 1 aliphatic carbocycles. The van der Waals surface area contributed by atoms with Crippen molar-refractivity contribution in [3.8, 4) is 5.75 Å². The molecular formula is C24H27Cl2N7O. The molecule has 0 unspecified atom stereocenters. The summed E-state index contributed by atoms with van der Waals surface area (Å²) in [5.41, 5.74) is 1.00. The molecule has 10 heteroatoms. The van der Waals surface area contributed by atoms with E-state index in [0.29, 0.717) is 39.6 Å². The zero-order chi connectivity index (χ0) is 23.2. The van der Waals surface area contributed by atoms with Crippen molar-refractivity contribution < 1.29 is 4.74 Å². The minimum absolute atomic E-state index is 0.175. The van der Waals surface area contributed by atoms with Crippen LogP contribution in [0.5, 0.6) is 5.75 Å². The van der Waals surface area contributed by atoms with Gasteiger partial charge in [-0.2, -0.15) is 4.98 Å². The number of nitrogens with zero attached hydrogens (tertiary/aromatic N) is 6. The van der Waals surface area contributed by atoms with Crippen molar-refractivity contribution in [2.75, 3.05) is 23.3 Å². The zero-order valence-corrected chi connectivity index (χ0v) is 20.5. The number of nitrogens with one attached hydrogen (secondary N) is 1. The molecule has 2 aromatic heterocycles. The predicted molar refractivity (Wildman–Crippen MR) is 132 cm³/mol. The first kappa shape index (κ1) is 21.9. The summed E-state index contributed by atoms with van der Waals surface area (Å²) in [6.45, 7) is 4.83. The molecule has 1 aromatic carbocycles. The van der Waals surface area contributed by atoms with Crippen molar-refractivity contribution >= 4 is 35.0 Å². The third-order valence-electron chi connectivity index (χ3n) is 7.18. The van der Waals surface area contributed by atoms with Crippen LogP contribution in [0.2, 0.25) is 10.0 Å². The Morgan fingerprint density at radius 1 is 1.00 bits per heavy atom. The number of halogens is 2. The SMILES string of the molecule is Cc1cc(N2C[C@H]3CC[C@@H](C2)[C@@H]3Nc2nc3n(n2)CCC[C@H]3Oc2cc(Cl)cc(Cl)c2)ncn1. The fourth-order valence-corrected chi connectivity index (χ4v) is 6.16. The molecule has 3 aliphatic rings. The molecule has 4 heterocycles. The third-order valence-corrected chi connectivity index (χ3v) is 7.62. The van der Waals surface area contributed by atoms with E-state index in [-0.39, 0.29) is 6.10 Å². The monoisotopic (exact) mass is 499 g/mol. The highest BCUT2D eigenvalue weighted by molar-refractivity contribution is 6.34. The number of ether oxygens (including phenoxy) is 1. The maximum absolute atomic E-state index is 6.24. The lowest BCUT2D eigenvalue weighted by molar-refractivity contribution is 0.155. The van der Waals surface area contributed by atoms with Crippen molar-refractivity contribution in [2.24, 2.45) is 11.8 Å². The topological polar surface area (TPSA) is 81.0 Å². The summed E-state index contributed by atoms with van der Waals surface area (Å²) < 4.78 is 8.21. The van der Waals surface area contributed by atoms with E-state index in [0.717, 1.165) is 49.8 Å². The fraction of sp³-hybridized carbons (Fsp3) is 0.500. The van der Waals surface area contributed by atoms with Crippen LogP contribution in [0.4, 0.5) is 11.8 Å². The number of benzene rings is 1. The normalized spacial score (nSPS) is 25.8. The zero-order valence-electron chi connectivity index (χ0n) is 19.0. The molecule has 4 atom stereocenters. The second kappa shape index (κ2) is 8.89. The van der Waals surface area contributed by atoms with E-state index >= 15 is 0 Å². The van der Waals surface area contributed by atoms with Gasteiger partial charge in [-0.15, -0.1) is 5.10 Å². The number of anilines is 2. The standard InChI is InChI=1S/C24H27Cl2N7O/c1-14-7-21(28-13-27-14)32-11-15-4-5-16(12-32)22(15)29-24-30-23-20(3-2-6-33(23)31-24)34-19-9-17(25)8-18(26)10-19/h7-10,13,15-16,20,22H,2-6,11-12H2,1H3,(H,29,31)/t15-,16+,20-,22-/m1/s1. The van der Waals surface area contributed by atoms with Gasteiger partial charge in [-0.3, -0.25) is 0 Å². The number of fused-ring (bicyclic) bond motifs is 3.